The van der Waals surface area contributed by atoms with Gasteiger partial charge in [0.15, 0.2) is 23.1 Å². The SMILES string of the molecule is COc1ccc(CNC(=O)[C@]2(Cc3ccc(Br)cc3)N=C(c3ccc(OCCCO)cc3)O[C@@H]2c2ccc(Cl)cc2Cl)cc1OC. The van der Waals surface area contributed by atoms with Crippen molar-refractivity contribution in [3.63, 3.8) is 0 Å². The molecular weight excluding hydrogens is 695 g/mol. The molecule has 46 heavy (non-hydrogen) atoms. The molecule has 0 spiro atoms. The molecule has 1 aliphatic rings. The van der Waals surface area contributed by atoms with Crippen molar-refractivity contribution in [2.45, 2.75) is 31.0 Å². The molecule has 0 radical (unpaired) electrons. The number of carbonyl (C=O) groups excluding carboxylic acids is 1. The minimum absolute atomic E-state index is 0.0475. The van der Waals surface area contributed by atoms with Gasteiger partial charge in [-0.1, -0.05) is 63.4 Å². The predicted molar refractivity (Wildman–Crippen MR) is 182 cm³/mol. The smallest absolute Gasteiger partial charge is 0.252 e. The number of carbonyl (C=O) groups is 1. The second kappa shape index (κ2) is 15.2. The zero-order valence-corrected chi connectivity index (χ0v) is 28.4. The number of benzene rings is 4. The molecule has 0 saturated heterocycles. The first-order chi connectivity index (χ1) is 22.3. The lowest BCUT2D eigenvalue weighted by atomic mass is 9.82. The van der Waals surface area contributed by atoms with E-state index in [1.54, 1.807) is 50.6 Å². The topological polar surface area (TPSA) is 98.6 Å². The van der Waals surface area contributed by atoms with Crippen LogP contribution < -0.4 is 19.5 Å². The third-order valence-corrected chi connectivity index (χ3v) is 8.65. The highest BCUT2D eigenvalue weighted by Gasteiger charge is 2.53. The molecule has 0 fully saturated rings. The Hall–Kier alpha value is -3.76. The third kappa shape index (κ3) is 7.61. The molecule has 11 heteroatoms. The summed E-state index contributed by atoms with van der Waals surface area (Å²) in [7, 11) is 3.13. The minimum atomic E-state index is -1.45. The molecule has 4 aromatic rings. The number of aliphatic hydroxyl groups is 1. The molecule has 2 atom stereocenters. The van der Waals surface area contributed by atoms with Crippen molar-refractivity contribution in [2.24, 2.45) is 4.99 Å². The molecule has 240 valence electrons. The summed E-state index contributed by atoms with van der Waals surface area (Å²) >= 11 is 16.5. The lowest BCUT2D eigenvalue weighted by molar-refractivity contribution is -0.129. The van der Waals surface area contributed by atoms with E-state index in [0.29, 0.717) is 51.4 Å². The first kappa shape index (κ1) is 33.6. The van der Waals surface area contributed by atoms with E-state index in [-0.39, 0.29) is 31.4 Å². The lowest BCUT2D eigenvalue weighted by Crippen LogP contribution is -2.49. The Kier molecular flexibility index (Phi) is 11.1. The fraction of sp³-hybridized carbons (Fsp3) is 0.257. The molecule has 8 nitrogen and oxygen atoms in total. The van der Waals surface area contributed by atoms with Crippen LogP contribution in [0.15, 0.2) is 94.4 Å². The summed E-state index contributed by atoms with van der Waals surface area (Å²) in [6.07, 6.45) is -0.146. The number of nitrogens with one attached hydrogen (secondary N) is 1. The van der Waals surface area contributed by atoms with Crippen molar-refractivity contribution in [3.05, 3.63) is 122 Å². The average Bonchev–Trinajstić information content (AvgIpc) is 3.44. The van der Waals surface area contributed by atoms with Crippen molar-refractivity contribution < 1.29 is 28.8 Å². The molecule has 1 aliphatic heterocycles. The normalized spacial score (nSPS) is 17.2. The van der Waals surface area contributed by atoms with Crippen molar-refractivity contribution in [1.82, 2.24) is 5.32 Å². The van der Waals surface area contributed by atoms with Crippen LogP contribution >= 0.6 is 39.1 Å². The van der Waals surface area contributed by atoms with Crippen molar-refractivity contribution >= 4 is 50.9 Å². The molecule has 1 amide bonds. The number of amides is 1. The van der Waals surface area contributed by atoms with Gasteiger partial charge in [-0.05, 0) is 71.8 Å². The number of nitrogens with zero attached hydrogens (tertiary/aromatic N) is 1. The zero-order chi connectivity index (χ0) is 32.7. The number of ether oxygens (including phenoxy) is 4. The summed E-state index contributed by atoms with van der Waals surface area (Å²) in [5.74, 6) is 1.72. The summed E-state index contributed by atoms with van der Waals surface area (Å²) < 4.78 is 24.0. The van der Waals surface area contributed by atoms with Gasteiger partial charge in [-0.3, -0.25) is 4.79 Å². The van der Waals surface area contributed by atoms with Crippen LogP contribution in [-0.4, -0.2) is 49.9 Å². The van der Waals surface area contributed by atoms with Crippen LogP contribution in [0.4, 0.5) is 0 Å². The Morgan fingerprint density at radius 1 is 0.957 bits per heavy atom. The van der Waals surface area contributed by atoms with Gasteiger partial charge < -0.3 is 29.4 Å². The molecule has 0 saturated carbocycles. The van der Waals surface area contributed by atoms with E-state index < -0.39 is 11.6 Å². The second-order valence-corrected chi connectivity index (χ2v) is 12.4. The second-order valence-electron chi connectivity index (χ2n) is 10.6. The first-order valence-electron chi connectivity index (χ1n) is 14.6. The minimum Gasteiger partial charge on any atom is -0.494 e. The van der Waals surface area contributed by atoms with Gasteiger partial charge in [0.05, 0.1) is 20.8 Å². The Morgan fingerprint density at radius 2 is 1.67 bits per heavy atom. The summed E-state index contributed by atoms with van der Waals surface area (Å²) in [6.45, 7) is 0.639. The first-order valence-corrected chi connectivity index (χ1v) is 16.1. The van der Waals surface area contributed by atoms with Crippen molar-refractivity contribution in [2.75, 3.05) is 27.4 Å². The van der Waals surface area contributed by atoms with Gasteiger partial charge in [-0.15, -0.1) is 0 Å². The Bertz CT molecular complexity index is 1700. The molecule has 2 N–H and O–H groups in total. The molecule has 0 unspecified atom stereocenters. The number of aliphatic imine (C=N–C) groups is 1. The highest BCUT2D eigenvalue weighted by Crippen LogP contribution is 2.45. The van der Waals surface area contributed by atoms with Crippen LogP contribution in [0.25, 0.3) is 0 Å². The maximum absolute atomic E-state index is 14.6. The van der Waals surface area contributed by atoms with Gasteiger partial charge in [0.2, 0.25) is 5.90 Å². The van der Waals surface area contributed by atoms with Crippen LogP contribution in [0.3, 0.4) is 0 Å². The van der Waals surface area contributed by atoms with Crippen LogP contribution in [0, 0.1) is 0 Å². The van der Waals surface area contributed by atoms with Crippen LogP contribution in [0.5, 0.6) is 17.2 Å². The van der Waals surface area contributed by atoms with Crippen LogP contribution in [0.1, 0.15) is 34.8 Å². The Morgan fingerprint density at radius 3 is 2.35 bits per heavy atom. The number of rotatable bonds is 13. The quantitative estimate of drug-likeness (QED) is 0.140. The monoisotopic (exact) mass is 726 g/mol. The predicted octanol–water partition coefficient (Wildman–Crippen LogP) is 7.35. The number of hydrogen-bond donors (Lipinski definition) is 2. The fourth-order valence-electron chi connectivity index (χ4n) is 5.21. The van der Waals surface area contributed by atoms with E-state index in [0.717, 1.165) is 15.6 Å². The summed E-state index contributed by atoms with van der Waals surface area (Å²) in [5, 5.41) is 13.0. The zero-order valence-electron chi connectivity index (χ0n) is 25.3. The molecular formula is C35H33BrCl2N2O6. The number of aliphatic hydroxyl groups excluding tert-OH is 1. The van der Waals surface area contributed by atoms with Gasteiger partial charge in [0.25, 0.3) is 5.91 Å². The average molecular weight is 728 g/mol. The summed E-state index contributed by atoms with van der Waals surface area (Å²) in [6, 6.07) is 25.6. The molecule has 5 rings (SSSR count). The highest BCUT2D eigenvalue weighted by atomic mass is 79.9. The largest absolute Gasteiger partial charge is 0.494 e. The van der Waals surface area contributed by atoms with E-state index in [4.69, 9.17) is 52.2 Å². The maximum Gasteiger partial charge on any atom is 0.252 e. The Balaban J connectivity index is 1.56. The van der Waals surface area contributed by atoms with E-state index >= 15 is 0 Å². The van der Waals surface area contributed by atoms with Gasteiger partial charge >= 0.3 is 0 Å². The van der Waals surface area contributed by atoms with E-state index in [2.05, 4.69) is 21.2 Å². The number of hydrogen-bond acceptors (Lipinski definition) is 7. The summed E-state index contributed by atoms with van der Waals surface area (Å²) in [5.41, 5.74) is 1.47. The van der Waals surface area contributed by atoms with Gasteiger partial charge in [-0.25, -0.2) is 4.99 Å². The molecule has 1 heterocycles. The maximum atomic E-state index is 14.6. The van der Waals surface area contributed by atoms with E-state index in [1.807, 2.05) is 48.5 Å². The third-order valence-electron chi connectivity index (χ3n) is 7.56. The van der Waals surface area contributed by atoms with Crippen molar-refractivity contribution in [3.8, 4) is 17.2 Å². The molecule has 0 aliphatic carbocycles. The van der Waals surface area contributed by atoms with Crippen LogP contribution in [-0.2, 0) is 22.5 Å². The standard InChI is InChI=1S/C35H33BrCl2N2O6/c1-43-30-15-6-23(18-31(30)44-2)21-39-34(42)35(20-22-4-9-25(36)10-5-22)32(28-14-11-26(37)19-29(28)38)46-33(40-35)24-7-12-27(13-8-24)45-17-3-16-41/h4-15,18-19,32,41H,3,16-17,20-21H2,1-2H3,(H,39,42)/t32-,35-/m1/s1. The van der Waals surface area contributed by atoms with Gasteiger partial charge in [0.1, 0.15) is 5.75 Å². The Labute approximate surface area is 286 Å². The van der Waals surface area contributed by atoms with Gasteiger partial charge in [0, 0.05) is 51.6 Å². The van der Waals surface area contributed by atoms with E-state index in [9.17, 15) is 4.79 Å². The molecule has 4 aromatic carbocycles. The summed E-state index contributed by atoms with van der Waals surface area (Å²) in [4.78, 5) is 19.6. The number of halogens is 3. The molecule has 0 bridgehead atoms. The number of methoxy groups -OCH3 is 2. The molecule has 0 aromatic heterocycles. The van der Waals surface area contributed by atoms with Crippen LogP contribution in [0.2, 0.25) is 10.0 Å². The fourth-order valence-corrected chi connectivity index (χ4v) is 5.98. The highest BCUT2D eigenvalue weighted by molar-refractivity contribution is 9.10. The van der Waals surface area contributed by atoms with Gasteiger partial charge in [-0.2, -0.15) is 0 Å². The van der Waals surface area contributed by atoms with E-state index in [1.165, 1.54) is 0 Å². The van der Waals surface area contributed by atoms with Crippen molar-refractivity contribution in [1.29, 1.82) is 0 Å². The lowest BCUT2D eigenvalue weighted by Gasteiger charge is -2.31.